The number of terminal acetylenes is 1. The molecule has 8 nitrogen and oxygen atoms in total. The number of hydrogen-bond acceptors (Lipinski definition) is 6. The van der Waals surface area contributed by atoms with Gasteiger partial charge >= 0.3 is 6.09 Å². The summed E-state index contributed by atoms with van der Waals surface area (Å²) in [6, 6.07) is 11.9. The van der Waals surface area contributed by atoms with Crippen molar-refractivity contribution in [3.8, 4) is 12.3 Å². The van der Waals surface area contributed by atoms with E-state index < -0.39 is 31.5 Å². The first kappa shape index (κ1) is 24.4. The number of anilines is 1. The summed E-state index contributed by atoms with van der Waals surface area (Å²) >= 11 is 0. The Bertz CT molecular complexity index is 1460. The van der Waals surface area contributed by atoms with Crippen LogP contribution in [0.2, 0.25) is 0 Å². The summed E-state index contributed by atoms with van der Waals surface area (Å²) < 4.78 is 58.0. The maximum atomic E-state index is 13.5. The second kappa shape index (κ2) is 8.57. The van der Waals surface area contributed by atoms with Crippen molar-refractivity contribution in [2.75, 3.05) is 17.8 Å². The van der Waals surface area contributed by atoms with Crippen molar-refractivity contribution in [2.24, 2.45) is 0 Å². The lowest BCUT2D eigenvalue weighted by molar-refractivity contribution is 0.162. The highest BCUT2D eigenvalue weighted by Crippen LogP contribution is 2.38. The molecule has 0 aliphatic carbocycles. The first-order valence-electron chi connectivity index (χ1n) is 9.85. The van der Waals surface area contributed by atoms with Crippen LogP contribution in [-0.2, 0) is 24.6 Å². The zero-order chi connectivity index (χ0) is 24.6. The van der Waals surface area contributed by atoms with Crippen LogP contribution in [0.3, 0.4) is 0 Å². The SMILES string of the molecule is C#CCOC(=O)N(c1ccc(S(C)(=O)=O)c2ccn(S(=O)(=O)c3ccccc3)c12)C(C)(C)C. The normalized spacial score (nSPS) is 12.3. The molecule has 0 atom stereocenters. The highest BCUT2D eigenvalue weighted by molar-refractivity contribution is 7.91. The van der Waals surface area contributed by atoms with Crippen molar-refractivity contribution >= 4 is 42.5 Å². The molecule has 10 heteroatoms. The van der Waals surface area contributed by atoms with E-state index in [1.54, 1.807) is 39.0 Å². The number of aromatic nitrogens is 1. The molecule has 0 radical (unpaired) electrons. The lowest BCUT2D eigenvalue weighted by atomic mass is 10.0. The van der Waals surface area contributed by atoms with Crippen LogP contribution in [0, 0.1) is 12.3 Å². The van der Waals surface area contributed by atoms with E-state index in [1.807, 2.05) is 0 Å². The number of carbonyl (C=O) groups is 1. The standard InChI is InChI=1S/C23H24N2O6S2/c1-6-16-31-22(26)25(23(2,3)4)19-12-13-20(32(5,27)28)18-14-15-24(21(18)19)33(29,30)17-10-8-7-9-11-17/h1,7-15H,16H2,2-5H3. The van der Waals surface area contributed by atoms with Gasteiger partial charge in [0.05, 0.1) is 21.0 Å². The van der Waals surface area contributed by atoms with Gasteiger partial charge in [0.1, 0.15) is 0 Å². The third-order valence-corrected chi connectivity index (χ3v) is 7.67. The molecule has 33 heavy (non-hydrogen) atoms. The molecule has 0 saturated heterocycles. The van der Waals surface area contributed by atoms with Crippen LogP contribution in [0.15, 0.2) is 64.5 Å². The minimum absolute atomic E-state index is 0.00965. The molecule has 2 aromatic carbocycles. The maximum absolute atomic E-state index is 13.5. The third kappa shape index (κ3) is 4.60. The smallest absolute Gasteiger partial charge is 0.415 e. The van der Waals surface area contributed by atoms with Crippen molar-refractivity contribution in [3.05, 3.63) is 54.7 Å². The molecule has 0 spiro atoms. The Kier molecular flexibility index (Phi) is 6.33. The quantitative estimate of drug-likeness (QED) is 0.508. The lowest BCUT2D eigenvalue weighted by Gasteiger charge is -2.35. The first-order valence-corrected chi connectivity index (χ1v) is 13.2. The predicted octanol–water partition coefficient (Wildman–Crippen LogP) is 3.66. The Balaban J connectivity index is 2.43. The average Bonchev–Trinajstić information content (AvgIpc) is 3.17. The van der Waals surface area contributed by atoms with Crippen LogP contribution in [0.5, 0.6) is 0 Å². The second-order valence-electron chi connectivity index (χ2n) is 8.31. The van der Waals surface area contributed by atoms with Gasteiger partial charge in [0.15, 0.2) is 16.4 Å². The third-order valence-electron chi connectivity index (χ3n) is 4.83. The van der Waals surface area contributed by atoms with E-state index in [2.05, 4.69) is 5.92 Å². The number of benzene rings is 2. The second-order valence-corrected chi connectivity index (χ2v) is 12.1. The van der Waals surface area contributed by atoms with Gasteiger partial charge in [0.25, 0.3) is 10.0 Å². The van der Waals surface area contributed by atoms with Gasteiger partial charge in [-0.3, -0.25) is 4.90 Å². The summed E-state index contributed by atoms with van der Waals surface area (Å²) in [5, 5.41) is 0.161. The lowest BCUT2D eigenvalue weighted by Crippen LogP contribution is -2.46. The maximum Gasteiger partial charge on any atom is 0.415 e. The largest absolute Gasteiger partial charge is 0.436 e. The van der Waals surface area contributed by atoms with Crippen molar-refractivity contribution in [2.45, 2.75) is 36.1 Å². The van der Waals surface area contributed by atoms with Crippen molar-refractivity contribution in [1.82, 2.24) is 3.97 Å². The predicted molar refractivity (Wildman–Crippen MR) is 126 cm³/mol. The summed E-state index contributed by atoms with van der Waals surface area (Å²) in [7, 11) is -7.83. The van der Waals surface area contributed by atoms with E-state index in [-0.39, 0.29) is 33.0 Å². The molecular formula is C23H24N2O6S2. The summed E-state index contributed by atoms with van der Waals surface area (Å²) in [5.74, 6) is 2.22. The summed E-state index contributed by atoms with van der Waals surface area (Å²) in [4.78, 5) is 14.2. The van der Waals surface area contributed by atoms with Gasteiger partial charge in [0, 0.05) is 23.4 Å². The van der Waals surface area contributed by atoms with Crippen LogP contribution in [-0.4, -0.2) is 45.3 Å². The van der Waals surface area contributed by atoms with Crippen LogP contribution >= 0.6 is 0 Å². The van der Waals surface area contributed by atoms with Crippen LogP contribution in [0.4, 0.5) is 10.5 Å². The highest BCUT2D eigenvalue weighted by atomic mass is 32.2. The summed E-state index contributed by atoms with van der Waals surface area (Å²) in [6.07, 6.45) is 6.73. The topological polar surface area (TPSA) is 103 Å². The molecule has 3 rings (SSSR count). The number of nitrogens with zero attached hydrogens (tertiary/aromatic N) is 2. The fourth-order valence-corrected chi connectivity index (χ4v) is 5.76. The molecule has 0 N–H and O–H groups in total. The molecule has 3 aromatic rings. The summed E-state index contributed by atoms with van der Waals surface area (Å²) in [5.41, 5.74) is -0.664. The molecule has 0 bridgehead atoms. The minimum Gasteiger partial charge on any atom is -0.436 e. The van der Waals surface area contributed by atoms with Crippen LogP contribution in [0.1, 0.15) is 20.8 Å². The summed E-state index contributed by atoms with van der Waals surface area (Å²) in [6.45, 7) is 4.93. The van der Waals surface area contributed by atoms with Gasteiger partial charge in [-0.1, -0.05) is 24.1 Å². The van der Waals surface area contributed by atoms with Gasteiger partial charge in [-0.25, -0.2) is 25.6 Å². The molecule has 0 aliphatic rings. The Morgan fingerprint density at radius 2 is 1.70 bits per heavy atom. The zero-order valence-electron chi connectivity index (χ0n) is 18.6. The van der Waals surface area contributed by atoms with Crippen molar-refractivity contribution in [3.63, 3.8) is 0 Å². The van der Waals surface area contributed by atoms with Gasteiger partial charge in [-0.15, -0.1) is 6.42 Å². The number of rotatable bonds is 5. The number of ether oxygens (including phenoxy) is 1. The van der Waals surface area contributed by atoms with E-state index in [4.69, 9.17) is 11.2 Å². The number of carbonyl (C=O) groups excluding carboxylic acids is 1. The van der Waals surface area contributed by atoms with E-state index in [1.165, 1.54) is 41.4 Å². The average molecular weight is 489 g/mol. The molecule has 0 aliphatic heterocycles. The number of amides is 1. The van der Waals surface area contributed by atoms with Gasteiger partial charge < -0.3 is 4.74 Å². The van der Waals surface area contributed by atoms with Gasteiger partial charge in [-0.05, 0) is 51.1 Å². The van der Waals surface area contributed by atoms with Crippen LogP contribution in [0.25, 0.3) is 10.9 Å². The Hall–Kier alpha value is -3.29. The van der Waals surface area contributed by atoms with Crippen molar-refractivity contribution in [1.29, 1.82) is 0 Å². The van der Waals surface area contributed by atoms with E-state index >= 15 is 0 Å². The fraction of sp³-hybridized carbons (Fsp3) is 0.261. The molecule has 0 saturated carbocycles. The Labute approximate surface area is 193 Å². The fourth-order valence-electron chi connectivity index (χ4n) is 3.50. The number of sulfone groups is 1. The molecule has 1 amide bonds. The Morgan fingerprint density at radius 1 is 1.06 bits per heavy atom. The first-order chi connectivity index (χ1) is 15.3. The molecule has 0 unspecified atom stereocenters. The molecule has 1 aromatic heterocycles. The number of hydrogen-bond donors (Lipinski definition) is 0. The van der Waals surface area contributed by atoms with Gasteiger partial charge in [0.2, 0.25) is 0 Å². The van der Waals surface area contributed by atoms with E-state index in [9.17, 15) is 21.6 Å². The molecular weight excluding hydrogens is 464 g/mol. The van der Waals surface area contributed by atoms with E-state index in [0.29, 0.717) is 0 Å². The number of fused-ring (bicyclic) bond motifs is 1. The molecule has 1 heterocycles. The molecule has 174 valence electrons. The van der Waals surface area contributed by atoms with Gasteiger partial charge in [-0.2, -0.15) is 0 Å². The highest BCUT2D eigenvalue weighted by Gasteiger charge is 2.34. The minimum atomic E-state index is -4.12. The van der Waals surface area contributed by atoms with Crippen molar-refractivity contribution < 1.29 is 26.4 Å². The van der Waals surface area contributed by atoms with E-state index in [0.717, 1.165) is 10.2 Å². The Morgan fingerprint density at radius 3 is 2.24 bits per heavy atom. The molecule has 0 fully saturated rings. The monoisotopic (exact) mass is 488 g/mol. The zero-order valence-corrected chi connectivity index (χ0v) is 20.3. The van der Waals surface area contributed by atoms with Crippen LogP contribution < -0.4 is 4.90 Å².